The van der Waals surface area contributed by atoms with Crippen molar-refractivity contribution >= 4 is 48.9 Å². The molecule has 0 aliphatic heterocycles. The molecule has 1 amide bonds. The zero-order valence-corrected chi connectivity index (χ0v) is 24.7. The fourth-order valence-electron chi connectivity index (χ4n) is 3.66. The monoisotopic (exact) mass is 594 g/mol. The molecule has 0 radical (unpaired) electrons. The van der Waals surface area contributed by atoms with E-state index in [0.29, 0.717) is 29.1 Å². The molecule has 200 valence electrons. The van der Waals surface area contributed by atoms with Crippen LogP contribution in [0.15, 0.2) is 24.3 Å². The molecule has 0 saturated heterocycles. The molecular weight excluding hydrogens is 559 g/mol. The number of halogens is 1. The van der Waals surface area contributed by atoms with Crippen LogP contribution in [-0.2, 0) is 25.5 Å². The third-order valence-corrected chi connectivity index (χ3v) is 8.14. The summed E-state index contributed by atoms with van der Waals surface area (Å²) in [6.07, 6.45) is 1.05. The van der Waals surface area contributed by atoms with Crippen LogP contribution in [0.3, 0.4) is 0 Å². The first-order valence-electron chi connectivity index (χ1n) is 12.0. The molecule has 7 nitrogen and oxygen atoms in total. The maximum atomic E-state index is 12.9. The molecule has 3 N–H and O–H groups in total. The van der Waals surface area contributed by atoms with Gasteiger partial charge in [0.1, 0.15) is 0 Å². The second-order valence-electron chi connectivity index (χ2n) is 9.71. The number of aromatic amines is 1. The van der Waals surface area contributed by atoms with Crippen LogP contribution in [0.5, 0.6) is 0 Å². The summed E-state index contributed by atoms with van der Waals surface area (Å²) >= 11 is 6.14. The van der Waals surface area contributed by atoms with Gasteiger partial charge in [-0.2, -0.15) is 0 Å². The van der Waals surface area contributed by atoms with Gasteiger partial charge in [0.15, 0.2) is 0 Å². The first kappa shape index (κ1) is 30.5. The predicted molar refractivity (Wildman–Crippen MR) is 146 cm³/mol. The van der Waals surface area contributed by atoms with E-state index in [1.54, 1.807) is 20.8 Å². The van der Waals surface area contributed by atoms with E-state index >= 15 is 0 Å². The summed E-state index contributed by atoms with van der Waals surface area (Å²) in [7, 11) is 1.32. The molecular formula is C28H35ClN2O5Se. The Balaban J connectivity index is 2.23. The van der Waals surface area contributed by atoms with Crippen molar-refractivity contribution in [3.8, 4) is 11.8 Å². The van der Waals surface area contributed by atoms with E-state index in [0.717, 1.165) is 10.9 Å². The molecule has 0 aliphatic carbocycles. The van der Waals surface area contributed by atoms with Crippen molar-refractivity contribution < 1.29 is 23.9 Å². The van der Waals surface area contributed by atoms with E-state index < -0.39 is 17.5 Å². The van der Waals surface area contributed by atoms with Crippen molar-refractivity contribution in [3.05, 3.63) is 51.8 Å². The van der Waals surface area contributed by atoms with Gasteiger partial charge in [-0.1, -0.05) is 0 Å². The van der Waals surface area contributed by atoms with Crippen LogP contribution >= 0.6 is 11.6 Å². The minimum atomic E-state index is -0.682. The van der Waals surface area contributed by atoms with Crippen molar-refractivity contribution in [2.45, 2.75) is 64.8 Å². The number of primary amides is 1. The van der Waals surface area contributed by atoms with Gasteiger partial charge in [0, 0.05) is 0 Å². The second kappa shape index (κ2) is 13.7. The molecule has 0 bridgehead atoms. The average molecular weight is 594 g/mol. The number of carbonyl (C=O) groups excluding carboxylic acids is 3. The number of amides is 1. The Kier molecular flexibility index (Phi) is 11.3. The molecule has 2 aromatic rings. The number of nitrogens with two attached hydrogens (primary N) is 1. The van der Waals surface area contributed by atoms with Crippen LogP contribution in [0, 0.1) is 30.6 Å². The predicted octanol–water partition coefficient (Wildman–Crippen LogP) is 3.96. The Hall–Kier alpha value is -2.72. The number of H-pyrrole nitrogens is 1. The van der Waals surface area contributed by atoms with Crippen LogP contribution in [0.25, 0.3) is 0 Å². The van der Waals surface area contributed by atoms with Crippen LogP contribution < -0.4 is 10.2 Å². The van der Waals surface area contributed by atoms with E-state index in [9.17, 15) is 14.4 Å². The minimum absolute atomic E-state index is 0.118. The molecule has 1 aromatic heterocycles. The number of rotatable bonds is 10. The summed E-state index contributed by atoms with van der Waals surface area (Å²) in [6, 6.07) is 7.72. The second-order valence-corrected chi connectivity index (χ2v) is 12.6. The third kappa shape index (κ3) is 9.59. The van der Waals surface area contributed by atoms with Gasteiger partial charge in [0.05, 0.1) is 7.11 Å². The number of esters is 2. The van der Waals surface area contributed by atoms with Gasteiger partial charge < -0.3 is 4.74 Å². The first-order chi connectivity index (χ1) is 17.3. The molecule has 0 spiro atoms. The number of carbonyl (C=O) groups is 3. The average Bonchev–Trinajstić information content (AvgIpc) is 3.13. The normalized spacial score (nSPS) is 12.7. The third-order valence-electron chi connectivity index (χ3n) is 5.69. The van der Waals surface area contributed by atoms with Crippen LogP contribution in [-0.4, -0.2) is 50.5 Å². The quantitative estimate of drug-likeness (QED) is 0.246. The summed E-state index contributed by atoms with van der Waals surface area (Å²) in [5.41, 5.74) is 7.26. The Bertz CT molecular complexity index is 1170. The number of nitrogens with one attached hydrogen (secondary N) is 1. The Labute approximate surface area is 230 Å². The first-order valence-corrected chi connectivity index (χ1v) is 14.5. The number of ether oxygens (including phenoxy) is 2. The van der Waals surface area contributed by atoms with Crippen molar-refractivity contribution in [3.63, 3.8) is 0 Å². The Morgan fingerprint density at radius 3 is 2.41 bits per heavy atom. The SMILES string of the molecule is COC(=O)CCc1c(C(=O)OC(C)(C)C)[nH]c(C#C[C@@H](C)[C@H](CC[Se]c2ccc(Cl)cc2)C(N)=O)c1C. The van der Waals surface area contributed by atoms with Gasteiger partial charge in [-0.05, 0) is 20.8 Å². The van der Waals surface area contributed by atoms with Crippen LogP contribution in [0.1, 0.15) is 67.8 Å². The molecule has 37 heavy (non-hydrogen) atoms. The number of hydrogen-bond donors (Lipinski definition) is 2. The fourth-order valence-corrected chi connectivity index (χ4v) is 5.75. The molecule has 1 heterocycles. The fraction of sp³-hybridized carbons (Fsp3) is 0.464. The van der Waals surface area contributed by atoms with E-state index in [2.05, 4.69) is 16.8 Å². The number of benzene rings is 1. The number of hydrogen-bond acceptors (Lipinski definition) is 5. The molecule has 0 aliphatic rings. The van der Waals surface area contributed by atoms with Gasteiger partial charge >= 0.3 is 193 Å². The Morgan fingerprint density at radius 1 is 1.19 bits per heavy atom. The zero-order valence-electron chi connectivity index (χ0n) is 22.2. The van der Waals surface area contributed by atoms with Crippen molar-refractivity contribution in [1.82, 2.24) is 4.98 Å². The summed E-state index contributed by atoms with van der Waals surface area (Å²) in [6.45, 7) is 9.08. The summed E-state index contributed by atoms with van der Waals surface area (Å²) in [5, 5.41) is 1.54. The molecule has 2 atom stereocenters. The Morgan fingerprint density at radius 2 is 1.84 bits per heavy atom. The van der Waals surface area contributed by atoms with Gasteiger partial charge in [0.2, 0.25) is 0 Å². The van der Waals surface area contributed by atoms with Gasteiger partial charge in [-0.3, -0.25) is 4.79 Å². The number of methoxy groups -OCH3 is 1. The molecule has 1 aromatic carbocycles. The standard InChI is InChI=1S/C28H35ClN2O5Se/c1-17(21(26(30)33)15-16-37-20-10-8-19(29)9-11-20)7-13-23-18(2)22(12-14-24(32)35-6)25(31-23)27(34)36-28(3,4)5/h8-11,17,21,31H,12,14-16H2,1-6H3,(H2,30,33)/t17-,21+/m1/s1. The van der Waals surface area contributed by atoms with Gasteiger partial charge in [0.25, 0.3) is 0 Å². The van der Waals surface area contributed by atoms with Gasteiger partial charge in [-0.25, -0.2) is 0 Å². The van der Waals surface area contributed by atoms with Crippen molar-refractivity contribution in [2.24, 2.45) is 17.6 Å². The van der Waals surface area contributed by atoms with E-state index in [4.69, 9.17) is 26.8 Å². The molecule has 0 fully saturated rings. The molecule has 0 unspecified atom stereocenters. The topological polar surface area (TPSA) is 111 Å². The summed E-state index contributed by atoms with van der Waals surface area (Å²) in [4.78, 5) is 39.9. The van der Waals surface area contributed by atoms with Gasteiger partial charge in [-0.15, -0.1) is 0 Å². The van der Waals surface area contributed by atoms with Crippen molar-refractivity contribution in [2.75, 3.05) is 7.11 Å². The van der Waals surface area contributed by atoms with E-state index in [-0.39, 0.29) is 44.9 Å². The zero-order chi connectivity index (χ0) is 27.8. The van der Waals surface area contributed by atoms with Crippen molar-refractivity contribution in [1.29, 1.82) is 0 Å². The van der Waals surface area contributed by atoms with Crippen LogP contribution in [0.2, 0.25) is 10.3 Å². The summed E-state index contributed by atoms with van der Waals surface area (Å²) < 4.78 is 11.5. The molecule has 9 heteroatoms. The van der Waals surface area contributed by atoms with E-state index in [1.165, 1.54) is 11.6 Å². The summed E-state index contributed by atoms with van der Waals surface area (Å²) in [5.74, 6) is 4.28. The molecule has 0 saturated carbocycles. The maximum absolute atomic E-state index is 12.9. The molecule has 2 rings (SSSR count). The number of aromatic nitrogens is 1. The van der Waals surface area contributed by atoms with E-state index in [1.807, 2.05) is 38.1 Å². The van der Waals surface area contributed by atoms with Crippen LogP contribution in [0.4, 0.5) is 0 Å².